The highest BCUT2D eigenvalue weighted by Crippen LogP contribution is 2.33. The van der Waals surface area contributed by atoms with Gasteiger partial charge in [0.05, 0.1) is 0 Å². The third kappa shape index (κ3) is 7.38. The Bertz CT molecular complexity index is 1140. The first-order valence-corrected chi connectivity index (χ1v) is 11.2. The predicted molar refractivity (Wildman–Crippen MR) is 125 cm³/mol. The molecule has 0 radical (unpaired) electrons. The lowest BCUT2D eigenvalue weighted by atomic mass is 9.89. The number of nitrogens with one attached hydrogen (secondary N) is 2. The normalized spacial score (nSPS) is 13.3. The molecule has 5 nitrogen and oxygen atoms in total. The summed E-state index contributed by atoms with van der Waals surface area (Å²) in [4.78, 5) is 16.0. The molecule has 0 saturated carbocycles. The van der Waals surface area contributed by atoms with E-state index in [9.17, 15) is 26.7 Å². The second-order valence-corrected chi connectivity index (χ2v) is 8.26. The summed E-state index contributed by atoms with van der Waals surface area (Å²) >= 11 is 5.94. The highest BCUT2D eigenvalue weighted by molar-refractivity contribution is 6.30. The average molecular weight is 528 g/mol. The van der Waals surface area contributed by atoms with Crippen LogP contribution in [0.3, 0.4) is 0 Å². The van der Waals surface area contributed by atoms with Crippen LogP contribution in [0.25, 0.3) is 0 Å². The number of nitrogens with zero attached hydrogens (tertiary/aromatic N) is 1. The van der Waals surface area contributed by atoms with Crippen molar-refractivity contribution < 1.29 is 31.5 Å². The molecule has 0 bridgehead atoms. The second-order valence-electron chi connectivity index (χ2n) is 7.82. The summed E-state index contributed by atoms with van der Waals surface area (Å²) in [6.07, 6.45) is -3.17. The van der Waals surface area contributed by atoms with E-state index in [1.165, 1.54) is 31.3 Å². The Labute approximate surface area is 209 Å². The smallest absolute Gasteiger partial charge is 0.433 e. The number of benzene rings is 2. The summed E-state index contributed by atoms with van der Waals surface area (Å²) in [6, 6.07) is 14.1. The zero-order valence-electron chi connectivity index (χ0n) is 19.0. The van der Waals surface area contributed by atoms with Gasteiger partial charge in [-0.15, -0.1) is 0 Å². The lowest BCUT2D eigenvalue weighted by Crippen LogP contribution is -2.36. The predicted octanol–water partition coefficient (Wildman–Crippen LogP) is 5.95. The van der Waals surface area contributed by atoms with Crippen LogP contribution in [0.5, 0.6) is 5.75 Å². The second kappa shape index (κ2) is 12.1. The van der Waals surface area contributed by atoms with Gasteiger partial charge in [-0.25, -0.2) is 0 Å². The van der Waals surface area contributed by atoms with Crippen molar-refractivity contribution in [1.29, 1.82) is 0 Å². The van der Waals surface area contributed by atoms with Gasteiger partial charge in [0.2, 0.25) is 5.91 Å². The molecule has 0 unspecified atom stereocenters. The number of alkyl halides is 5. The largest absolute Gasteiger partial charge is 0.435 e. The molecular weight excluding hydrogens is 505 g/mol. The molecule has 0 aliphatic rings. The van der Waals surface area contributed by atoms with Crippen molar-refractivity contribution in [2.24, 2.45) is 0 Å². The van der Waals surface area contributed by atoms with Gasteiger partial charge in [0.25, 0.3) is 0 Å². The fourth-order valence-corrected chi connectivity index (χ4v) is 3.87. The molecule has 0 aliphatic heterocycles. The van der Waals surface area contributed by atoms with Crippen LogP contribution >= 0.6 is 11.6 Å². The molecule has 0 fully saturated rings. The average Bonchev–Trinajstić information content (AvgIpc) is 2.84. The van der Waals surface area contributed by atoms with Crippen molar-refractivity contribution >= 4 is 17.5 Å². The topological polar surface area (TPSA) is 63.2 Å². The summed E-state index contributed by atoms with van der Waals surface area (Å²) < 4.78 is 68.9. The molecule has 192 valence electrons. The third-order valence-corrected chi connectivity index (χ3v) is 5.71. The molecule has 0 spiro atoms. The molecule has 1 amide bonds. The fraction of sp³-hybridized carbons (Fsp3) is 0.280. The van der Waals surface area contributed by atoms with Gasteiger partial charge in [0.15, 0.2) is 0 Å². The Morgan fingerprint density at radius 2 is 1.72 bits per heavy atom. The summed E-state index contributed by atoms with van der Waals surface area (Å²) in [5.74, 6) is -0.897. The summed E-state index contributed by atoms with van der Waals surface area (Å²) in [5, 5.41) is 6.25. The molecular formula is C25H23ClF5N3O2. The van der Waals surface area contributed by atoms with Crippen molar-refractivity contribution in [3.8, 4) is 5.75 Å². The molecule has 3 aromatic rings. The minimum absolute atomic E-state index is 0.0790. The molecule has 2 atom stereocenters. The van der Waals surface area contributed by atoms with Crippen molar-refractivity contribution in [3.63, 3.8) is 0 Å². The van der Waals surface area contributed by atoms with Gasteiger partial charge in [-0.3, -0.25) is 9.78 Å². The van der Waals surface area contributed by atoms with Crippen molar-refractivity contribution in [2.45, 2.75) is 31.2 Å². The molecule has 2 N–H and O–H groups in total. The Morgan fingerprint density at radius 3 is 2.31 bits per heavy atom. The number of likely N-dealkylation sites (N-methyl/N-ethyl adjacent to an activating group) is 1. The SMILES string of the molecule is CNC(=O)[C@H](NCC[C@@H](c1ccc(C(F)(F)F)nc1)c1cccc(OC(F)F)c1)c1ccc(Cl)cc1. The molecule has 1 aromatic heterocycles. The van der Waals surface area contributed by atoms with E-state index in [0.717, 1.165) is 12.3 Å². The molecule has 2 aromatic carbocycles. The quantitative estimate of drug-likeness (QED) is 0.320. The van der Waals surface area contributed by atoms with Crippen LogP contribution in [0.15, 0.2) is 66.9 Å². The molecule has 36 heavy (non-hydrogen) atoms. The van der Waals surface area contributed by atoms with Gasteiger partial charge < -0.3 is 15.4 Å². The number of ether oxygens (including phenoxy) is 1. The molecule has 1 heterocycles. The summed E-state index contributed by atoms with van der Waals surface area (Å²) in [6.45, 7) is -2.77. The number of carbonyl (C=O) groups is 1. The van der Waals surface area contributed by atoms with Crippen LogP contribution in [0.1, 0.15) is 40.8 Å². The Morgan fingerprint density at radius 1 is 1.03 bits per heavy atom. The van der Waals surface area contributed by atoms with E-state index in [0.29, 0.717) is 28.1 Å². The van der Waals surface area contributed by atoms with Gasteiger partial charge in [0.1, 0.15) is 17.5 Å². The highest BCUT2D eigenvalue weighted by atomic mass is 35.5. The van der Waals surface area contributed by atoms with Gasteiger partial charge in [-0.1, -0.05) is 41.9 Å². The van der Waals surface area contributed by atoms with E-state index in [1.54, 1.807) is 30.3 Å². The van der Waals surface area contributed by atoms with Crippen molar-refractivity contribution in [3.05, 3.63) is 94.3 Å². The minimum Gasteiger partial charge on any atom is -0.435 e. The van der Waals surface area contributed by atoms with E-state index in [-0.39, 0.29) is 18.2 Å². The maximum atomic E-state index is 13.0. The first-order chi connectivity index (χ1) is 17.1. The Balaban J connectivity index is 1.86. The van der Waals surface area contributed by atoms with Gasteiger partial charge in [-0.05, 0) is 60.0 Å². The maximum Gasteiger partial charge on any atom is 0.433 e. The number of amides is 1. The monoisotopic (exact) mass is 527 g/mol. The van der Waals surface area contributed by atoms with Crippen LogP contribution in [0.4, 0.5) is 22.0 Å². The third-order valence-electron chi connectivity index (χ3n) is 5.46. The first kappa shape index (κ1) is 27.3. The fourth-order valence-electron chi connectivity index (χ4n) is 3.75. The van der Waals surface area contributed by atoms with Crippen LogP contribution in [0.2, 0.25) is 5.02 Å². The van der Waals surface area contributed by atoms with Crippen LogP contribution in [-0.4, -0.2) is 31.1 Å². The van der Waals surface area contributed by atoms with Crippen LogP contribution in [0, 0.1) is 0 Å². The van der Waals surface area contributed by atoms with Gasteiger partial charge in [-0.2, -0.15) is 22.0 Å². The number of pyridine rings is 1. The summed E-state index contributed by atoms with van der Waals surface area (Å²) in [7, 11) is 1.50. The molecule has 0 saturated heterocycles. The zero-order valence-corrected chi connectivity index (χ0v) is 19.8. The van der Waals surface area contributed by atoms with Crippen molar-refractivity contribution in [1.82, 2.24) is 15.6 Å². The number of halogens is 6. The molecule has 0 aliphatic carbocycles. The van der Waals surface area contributed by atoms with Crippen molar-refractivity contribution in [2.75, 3.05) is 13.6 Å². The van der Waals surface area contributed by atoms with Crippen LogP contribution < -0.4 is 15.4 Å². The van der Waals surface area contributed by atoms with E-state index in [4.69, 9.17) is 11.6 Å². The lowest BCUT2D eigenvalue weighted by molar-refractivity contribution is -0.141. The minimum atomic E-state index is -4.60. The number of carbonyl (C=O) groups excluding carboxylic acids is 1. The highest BCUT2D eigenvalue weighted by Gasteiger charge is 2.32. The Kier molecular flexibility index (Phi) is 9.22. The summed E-state index contributed by atoms with van der Waals surface area (Å²) in [5.41, 5.74) is 0.612. The van der Waals surface area contributed by atoms with Gasteiger partial charge >= 0.3 is 12.8 Å². The maximum absolute atomic E-state index is 13.0. The lowest BCUT2D eigenvalue weighted by Gasteiger charge is -2.22. The number of hydrogen-bond acceptors (Lipinski definition) is 4. The van der Waals surface area contributed by atoms with E-state index in [2.05, 4.69) is 20.4 Å². The van der Waals surface area contributed by atoms with Gasteiger partial charge in [0, 0.05) is 24.2 Å². The molecule has 11 heteroatoms. The first-order valence-electron chi connectivity index (χ1n) is 10.9. The van der Waals surface area contributed by atoms with E-state index >= 15 is 0 Å². The zero-order chi connectivity index (χ0) is 26.3. The number of hydrogen-bond donors (Lipinski definition) is 2. The van der Waals surface area contributed by atoms with E-state index in [1.807, 2.05) is 0 Å². The molecule has 3 rings (SSSR count). The standard InChI is InChI=1S/C25H23ClF5N3O2/c1-32-23(35)22(15-5-8-18(26)9-6-15)33-12-11-20(16-3-2-4-19(13-16)36-24(27)28)17-7-10-21(34-14-17)25(29,30)31/h2-10,13-14,20,22,24,33H,11-12H2,1H3,(H,32,35)/t20-,22-/m1/s1. The van der Waals surface area contributed by atoms with E-state index < -0.39 is 30.4 Å². The number of aromatic nitrogens is 1. The Hall–Kier alpha value is -3.24. The number of rotatable bonds is 10. The van der Waals surface area contributed by atoms with Crippen LogP contribution in [-0.2, 0) is 11.0 Å².